The van der Waals surface area contributed by atoms with E-state index in [1.54, 1.807) is 13.8 Å². The number of rotatable bonds is 2. The maximum Gasteiger partial charge on any atom is 0.358 e. The highest BCUT2D eigenvalue weighted by Gasteiger charge is 2.12. The van der Waals surface area contributed by atoms with E-state index in [-0.39, 0.29) is 11.8 Å². The first-order valence-electron chi connectivity index (χ1n) is 3.53. The molecule has 0 bridgehead atoms. The predicted octanol–water partition coefficient (Wildman–Crippen LogP) is 1.12. The van der Waals surface area contributed by atoms with Crippen LogP contribution in [-0.2, 0) is 9.84 Å². The number of esters is 1. The van der Waals surface area contributed by atoms with Crippen LogP contribution in [0.3, 0.4) is 0 Å². The highest BCUT2D eigenvalue weighted by Crippen LogP contribution is 2.05. The van der Waals surface area contributed by atoms with Gasteiger partial charge in [-0.2, -0.15) is 4.98 Å². The van der Waals surface area contributed by atoms with Crippen molar-refractivity contribution in [3.63, 3.8) is 0 Å². The molecular formula is C7H9N2O3. The molecule has 0 amide bonds. The number of hydrogen-bond donors (Lipinski definition) is 1. The van der Waals surface area contributed by atoms with Crippen LogP contribution in [0.4, 0.5) is 0 Å². The molecule has 5 nitrogen and oxygen atoms in total. The Balaban J connectivity index is 2.65. The van der Waals surface area contributed by atoms with Crippen molar-refractivity contribution in [3.8, 4) is 6.01 Å². The van der Waals surface area contributed by atoms with Gasteiger partial charge in [0.05, 0.1) is 6.10 Å². The zero-order valence-corrected chi connectivity index (χ0v) is 6.83. The number of imidazole rings is 1. The lowest BCUT2D eigenvalue weighted by atomic mass is 10.4. The topological polar surface area (TPSA) is 74.9 Å². The molecule has 65 valence electrons. The Morgan fingerprint density at radius 2 is 2.33 bits per heavy atom. The molecule has 1 rings (SSSR count). The number of hydrogen-bond acceptors (Lipinski definition) is 3. The Hall–Kier alpha value is -1.52. The zero-order valence-electron chi connectivity index (χ0n) is 6.83. The van der Waals surface area contributed by atoms with Crippen molar-refractivity contribution in [1.29, 1.82) is 0 Å². The van der Waals surface area contributed by atoms with Crippen molar-refractivity contribution in [2.75, 3.05) is 0 Å². The predicted molar refractivity (Wildman–Crippen MR) is 39.3 cm³/mol. The van der Waals surface area contributed by atoms with Gasteiger partial charge in [-0.15, -0.1) is 0 Å². The van der Waals surface area contributed by atoms with Gasteiger partial charge in [0.15, 0.2) is 5.69 Å². The van der Waals surface area contributed by atoms with Crippen LogP contribution in [-0.4, -0.2) is 22.0 Å². The summed E-state index contributed by atoms with van der Waals surface area (Å²) in [6.45, 7) is 3.45. The summed E-state index contributed by atoms with van der Waals surface area (Å²) in [4.78, 5) is 16.7. The van der Waals surface area contributed by atoms with E-state index < -0.39 is 12.0 Å². The summed E-state index contributed by atoms with van der Waals surface area (Å²) < 4.78 is 4.79. The summed E-state index contributed by atoms with van der Waals surface area (Å²) in [5.41, 5.74) is 0.0219. The average molecular weight is 169 g/mol. The minimum atomic E-state index is -0.580. The lowest BCUT2D eigenvalue weighted by Gasteiger charge is -2.04. The Kier molecular flexibility index (Phi) is 2.32. The minimum Gasteiger partial charge on any atom is -0.458 e. The van der Waals surface area contributed by atoms with E-state index in [1.165, 1.54) is 6.20 Å². The first-order chi connectivity index (χ1) is 5.59. The van der Waals surface area contributed by atoms with Crippen molar-refractivity contribution < 1.29 is 14.6 Å². The summed E-state index contributed by atoms with van der Waals surface area (Å²) in [6.07, 6.45) is 1.02. The van der Waals surface area contributed by atoms with Gasteiger partial charge in [0.2, 0.25) is 0 Å². The number of aromatic amines is 1. The van der Waals surface area contributed by atoms with Gasteiger partial charge in [0, 0.05) is 6.20 Å². The molecule has 1 radical (unpaired) electrons. The zero-order chi connectivity index (χ0) is 9.14. The van der Waals surface area contributed by atoms with E-state index in [0.29, 0.717) is 0 Å². The van der Waals surface area contributed by atoms with Crippen LogP contribution in [0, 0.1) is 0 Å². The quantitative estimate of drug-likeness (QED) is 0.674. The van der Waals surface area contributed by atoms with Crippen LogP contribution in [0.1, 0.15) is 24.3 Å². The van der Waals surface area contributed by atoms with Crippen molar-refractivity contribution in [2.24, 2.45) is 0 Å². The number of aromatic nitrogens is 2. The van der Waals surface area contributed by atoms with Crippen molar-refractivity contribution in [1.82, 2.24) is 9.97 Å². The van der Waals surface area contributed by atoms with E-state index >= 15 is 0 Å². The molecule has 1 aromatic heterocycles. The molecule has 5 heteroatoms. The molecule has 0 aliphatic rings. The molecule has 1 N–H and O–H groups in total. The fourth-order valence-electron chi connectivity index (χ4n) is 0.683. The van der Waals surface area contributed by atoms with Crippen LogP contribution in [0.15, 0.2) is 6.20 Å². The molecule has 1 aromatic rings. The number of H-pyrrole nitrogens is 1. The number of nitrogens with zero attached hydrogens (tertiary/aromatic N) is 1. The molecule has 0 spiro atoms. The van der Waals surface area contributed by atoms with Gasteiger partial charge in [0.25, 0.3) is 0 Å². The third-order valence-corrected chi connectivity index (χ3v) is 1.11. The van der Waals surface area contributed by atoms with Crippen LogP contribution in [0.25, 0.3) is 0 Å². The van der Waals surface area contributed by atoms with Gasteiger partial charge in [-0.3, -0.25) is 0 Å². The number of nitrogens with one attached hydrogen (secondary N) is 1. The molecule has 0 unspecified atom stereocenters. The second-order valence-corrected chi connectivity index (χ2v) is 2.54. The number of carbonyl (C=O) groups is 1. The van der Waals surface area contributed by atoms with Crippen LogP contribution in [0.2, 0.25) is 0 Å². The highest BCUT2D eigenvalue weighted by molar-refractivity contribution is 5.87. The largest absolute Gasteiger partial charge is 0.458 e. The van der Waals surface area contributed by atoms with Crippen molar-refractivity contribution in [3.05, 3.63) is 11.9 Å². The maximum absolute atomic E-state index is 11.0. The summed E-state index contributed by atoms with van der Waals surface area (Å²) in [6, 6.07) is -0.536. The van der Waals surface area contributed by atoms with Crippen LogP contribution >= 0.6 is 0 Å². The fraction of sp³-hybridized carbons (Fsp3) is 0.429. The maximum atomic E-state index is 11.0. The molecule has 0 aromatic carbocycles. The lowest BCUT2D eigenvalue weighted by molar-refractivity contribution is 0.0370. The molecule has 0 atom stereocenters. The second kappa shape index (κ2) is 3.25. The fourth-order valence-corrected chi connectivity index (χ4v) is 0.683. The van der Waals surface area contributed by atoms with Crippen molar-refractivity contribution >= 4 is 5.97 Å². The molecular weight excluding hydrogens is 160 g/mol. The SMILES string of the molecule is CC(C)OC(=O)c1c[nH]c([O])n1. The van der Waals surface area contributed by atoms with Gasteiger partial charge in [-0.25, -0.2) is 9.90 Å². The van der Waals surface area contributed by atoms with Crippen LogP contribution in [0.5, 0.6) is 6.01 Å². The molecule has 1 heterocycles. The molecule has 0 saturated heterocycles. The third-order valence-electron chi connectivity index (χ3n) is 1.11. The summed E-state index contributed by atoms with van der Waals surface area (Å²) in [5.74, 6) is -0.580. The monoisotopic (exact) mass is 169 g/mol. The number of carbonyl (C=O) groups excluding carboxylic acids is 1. The van der Waals surface area contributed by atoms with Crippen LogP contribution < -0.4 is 0 Å². The summed E-state index contributed by atoms with van der Waals surface area (Å²) in [7, 11) is 0. The standard InChI is InChI=1S/C7H9N2O3/c1-4(2)12-6(10)5-3-8-7(11)9-5/h3-4H,1-2H3,(H,8,9). The van der Waals surface area contributed by atoms with E-state index in [4.69, 9.17) is 4.74 Å². The summed E-state index contributed by atoms with van der Waals surface area (Å²) >= 11 is 0. The van der Waals surface area contributed by atoms with Gasteiger partial charge < -0.3 is 9.72 Å². The van der Waals surface area contributed by atoms with E-state index in [2.05, 4.69) is 9.97 Å². The normalized spacial score (nSPS) is 10.2. The van der Waals surface area contributed by atoms with Gasteiger partial charge in [-0.1, -0.05) is 0 Å². The Bertz CT molecular complexity index is 280. The molecule has 12 heavy (non-hydrogen) atoms. The van der Waals surface area contributed by atoms with E-state index in [0.717, 1.165) is 0 Å². The Morgan fingerprint density at radius 1 is 1.67 bits per heavy atom. The molecule has 0 aliphatic carbocycles. The van der Waals surface area contributed by atoms with Crippen molar-refractivity contribution in [2.45, 2.75) is 20.0 Å². The molecule has 0 fully saturated rings. The third kappa shape index (κ3) is 1.98. The van der Waals surface area contributed by atoms with Gasteiger partial charge in [0.1, 0.15) is 0 Å². The second-order valence-electron chi connectivity index (χ2n) is 2.54. The molecule has 0 aliphatic heterocycles. The van der Waals surface area contributed by atoms with E-state index in [1.807, 2.05) is 0 Å². The average Bonchev–Trinajstić information content (AvgIpc) is 2.34. The Morgan fingerprint density at radius 3 is 2.75 bits per heavy atom. The highest BCUT2D eigenvalue weighted by atomic mass is 16.5. The minimum absolute atomic E-state index is 0.0219. The smallest absolute Gasteiger partial charge is 0.358 e. The first-order valence-corrected chi connectivity index (χ1v) is 3.53. The van der Waals surface area contributed by atoms with Gasteiger partial charge in [-0.05, 0) is 13.8 Å². The van der Waals surface area contributed by atoms with E-state index in [9.17, 15) is 9.90 Å². The first kappa shape index (κ1) is 8.58. The van der Waals surface area contributed by atoms with Gasteiger partial charge >= 0.3 is 12.0 Å². The number of ether oxygens (including phenoxy) is 1. The molecule has 0 saturated carbocycles. The Labute approximate surface area is 69.4 Å². The lowest BCUT2D eigenvalue weighted by Crippen LogP contribution is -2.11. The summed E-state index contributed by atoms with van der Waals surface area (Å²) in [5, 5.41) is 10.5.